The van der Waals surface area contributed by atoms with Gasteiger partial charge in [0, 0.05) is 12.7 Å². The quantitative estimate of drug-likeness (QED) is 0.734. The van der Waals surface area contributed by atoms with Gasteiger partial charge in [-0.25, -0.2) is 0 Å². The molecular formula is C19H17N3OS. The molecule has 4 rings (SSSR count). The van der Waals surface area contributed by atoms with Crippen molar-refractivity contribution in [2.24, 2.45) is 0 Å². The minimum Gasteiger partial charge on any atom is -0.467 e. The SMILES string of the molecule is S=C1N[C@H](c2ccccn2)[C@@H](c2ccco2)N1Cc1ccccc1. The van der Waals surface area contributed by atoms with Crippen molar-refractivity contribution in [1.82, 2.24) is 15.2 Å². The van der Waals surface area contributed by atoms with Crippen LogP contribution in [0.3, 0.4) is 0 Å². The first-order chi connectivity index (χ1) is 11.8. The predicted molar refractivity (Wildman–Crippen MR) is 96.1 cm³/mol. The summed E-state index contributed by atoms with van der Waals surface area (Å²) in [4.78, 5) is 6.68. The first kappa shape index (κ1) is 14.9. The van der Waals surface area contributed by atoms with Crippen molar-refractivity contribution in [3.05, 3.63) is 90.1 Å². The maximum absolute atomic E-state index is 5.72. The molecule has 3 heterocycles. The number of furan rings is 1. The smallest absolute Gasteiger partial charge is 0.170 e. The molecule has 1 aliphatic rings. The molecular weight excluding hydrogens is 318 g/mol. The van der Waals surface area contributed by atoms with E-state index in [0.29, 0.717) is 0 Å². The number of nitrogens with zero attached hydrogens (tertiary/aromatic N) is 2. The van der Waals surface area contributed by atoms with Crippen LogP contribution in [0.2, 0.25) is 0 Å². The van der Waals surface area contributed by atoms with Gasteiger partial charge in [0.15, 0.2) is 5.11 Å². The van der Waals surface area contributed by atoms with E-state index in [9.17, 15) is 0 Å². The number of hydrogen-bond acceptors (Lipinski definition) is 3. The topological polar surface area (TPSA) is 41.3 Å². The third-order valence-corrected chi connectivity index (χ3v) is 4.58. The van der Waals surface area contributed by atoms with Gasteiger partial charge in [0.2, 0.25) is 0 Å². The standard InChI is InChI=1S/C19H17N3OS/c24-19-21-17(15-9-4-5-11-20-15)18(16-10-6-12-23-16)22(19)13-14-7-2-1-3-8-14/h1-12,17-18H,13H2,(H,21,24)/t17-,18-/m1/s1. The molecule has 0 bridgehead atoms. The molecule has 2 atom stereocenters. The maximum atomic E-state index is 5.72. The molecule has 120 valence electrons. The van der Waals surface area contributed by atoms with Gasteiger partial charge in [-0.15, -0.1) is 0 Å². The minimum atomic E-state index is -0.0337. The lowest BCUT2D eigenvalue weighted by Gasteiger charge is -2.26. The summed E-state index contributed by atoms with van der Waals surface area (Å²) in [5, 5.41) is 4.13. The Balaban J connectivity index is 1.71. The van der Waals surface area contributed by atoms with E-state index in [1.807, 2.05) is 48.5 Å². The van der Waals surface area contributed by atoms with E-state index in [4.69, 9.17) is 16.6 Å². The fourth-order valence-corrected chi connectivity index (χ4v) is 3.43. The molecule has 0 saturated carbocycles. The molecule has 0 amide bonds. The second-order valence-electron chi connectivity index (χ2n) is 5.76. The number of hydrogen-bond donors (Lipinski definition) is 1. The van der Waals surface area contributed by atoms with Crippen LogP contribution in [0.1, 0.15) is 29.1 Å². The van der Waals surface area contributed by atoms with Crippen LogP contribution in [0.5, 0.6) is 0 Å². The summed E-state index contributed by atoms with van der Waals surface area (Å²) in [6.07, 6.45) is 3.51. The monoisotopic (exact) mass is 335 g/mol. The fraction of sp³-hybridized carbons (Fsp3) is 0.158. The highest BCUT2D eigenvalue weighted by Gasteiger charge is 2.41. The molecule has 0 radical (unpaired) electrons. The van der Waals surface area contributed by atoms with Crippen LogP contribution >= 0.6 is 12.2 Å². The second kappa shape index (κ2) is 6.45. The van der Waals surface area contributed by atoms with Crippen LogP contribution in [0.4, 0.5) is 0 Å². The Morgan fingerprint density at radius 1 is 1.04 bits per heavy atom. The van der Waals surface area contributed by atoms with Crippen molar-refractivity contribution < 1.29 is 4.42 Å². The summed E-state index contributed by atoms with van der Waals surface area (Å²) in [7, 11) is 0. The number of nitrogens with one attached hydrogen (secondary N) is 1. The van der Waals surface area contributed by atoms with Crippen molar-refractivity contribution in [2.45, 2.75) is 18.6 Å². The molecule has 0 spiro atoms. The first-order valence-electron chi connectivity index (χ1n) is 7.88. The van der Waals surface area contributed by atoms with Crippen LogP contribution in [0, 0.1) is 0 Å². The second-order valence-corrected chi connectivity index (χ2v) is 6.14. The van der Waals surface area contributed by atoms with Crippen LogP contribution in [-0.2, 0) is 6.54 Å². The summed E-state index contributed by atoms with van der Waals surface area (Å²) in [5.74, 6) is 0.883. The van der Waals surface area contributed by atoms with Gasteiger partial charge in [-0.2, -0.15) is 0 Å². The Bertz CT molecular complexity index is 805. The van der Waals surface area contributed by atoms with Crippen LogP contribution in [0.15, 0.2) is 77.5 Å². The predicted octanol–water partition coefficient (Wildman–Crippen LogP) is 3.85. The lowest BCUT2D eigenvalue weighted by Crippen LogP contribution is -2.28. The molecule has 24 heavy (non-hydrogen) atoms. The average Bonchev–Trinajstić information content (AvgIpc) is 3.25. The molecule has 2 aromatic heterocycles. The number of thiocarbonyl (C=S) groups is 1. The van der Waals surface area contributed by atoms with E-state index < -0.39 is 0 Å². The molecule has 1 fully saturated rings. The zero-order valence-electron chi connectivity index (χ0n) is 13.0. The molecule has 4 nitrogen and oxygen atoms in total. The molecule has 1 aromatic carbocycles. The molecule has 1 saturated heterocycles. The molecule has 0 unspecified atom stereocenters. The van der Waals surface area contributed by atoms with E-state index in [-0.39, 0.29) is 12.1 Å². The van der Waals surface area contributed by atoms with Gasteiger partial charge in [-0.05, 0) is 42.0 Å². The van der Waals surface area contributed by atoms with Gasteiger partial charge in [0.25, 0.3) is 0 Å². The lowest BCUT2D eigenvalue weighted by molar-refractivity contribution is 0.267. The largest absolute Gasteiger partial charge is 0.467 e. The molecule has 0 aliphatic carbocycles. The van der Waals surface area contributed by atoms with E-state index in [1.165, 1.54) is 5.56 Å². The normalized spacial score (nSPS) is 20.2. The number of pyridine rings is 1. The summed E-state index contributed by atoms with van der Waals surface area (Å²) in [5.41, 5.74) is 2.16. The van der Waals surface area contributed by atoms with Gasteiger partial charge < -0.3 is 14.6 Å². The summed E-state index contributed by atoms with van der Waals surface area (Å²) in [6, 6.07) is 20.1. The van der Waals surface area contributed by atoms with E-state index in [1.54, 1.807) is 12.5 Å². The fourth-order valence-electron chi connectivity index (χ4n) is 3.12. The number of rotatable bonds is 4. The highest BCUT2D eigenvalue weighted by Crippen LogP contribution is 2.39. The Morgan fingerprint density at radius 3 is 2.58 bits per heavy atom. The molecule has 3 aromatic rings. The molecule has 1 aliphatic heterocycles. The third-order valence-electron chi connectivity index (χ3n) is 4.23. The van der Waals surface area contributed by atoms with Gasteiger partial charge >= 0.3 is 0 Å². The highest BCUT2D eigenvalue weighted by atomic mass is 32.1. The van der Waals surface area contributed by atoms with Crippen molar-refractivity contribution in [2.75, 3.05) is 0 Å². The van der Waals surface area contributed by atoms with Gasteiger partial charge in [-0.3, -0.25) is 4.98 Å². The highest BCUT2D eigenvalue weighted by molar-refractivity contribution is 7.80. The van der Waals surface area contributed by atoms with Crippen LogP contribution < -0.4 is 5.32 Å². The third kappa shape index (κ3) is 2.78. The Hall–Kier alpha value is -2.66. The molecule has 1 N–H and O–H groups in total. The number of aromatic nitrogens is 1. The van der Waals surface area contributed by atoms with Crippen molar-refractivity contribution in [1.29, 1.82) is 0 Å². The first-order valence-corrected chi connectivity index (χ1v) is 8.29. The maximum Gasteiger partial charge on any atom is 0.170 e. The summed E-state index contributed by atoms with van der Waals surface area (Å²) in [6.45, 7) is 0.724. The average molecular weight is 335 g/mol. The summed E-state index contributed by atoms with van der Waals surface area (Å²) < 4.78 is 5.72. The van der Waals surface area contributed by atoms with Crippen molar-refractivity contribution in [3.63, 3.8) is 0 Å². The van der Waals surface area contributed by atoms with Gasteiger partial charge in [0.05, 0.1) is 18.0 Å². The van der Waals surface area contributed by atoms with Crippen molar-refractivity contribution in [3.8, 4) is 0 Å². The lowest BCUT2D eigenvalue weighted by atomic mass is 10.0. The Labute approximate surface area is 146 Å². The van der Waals surface area contributed by atoms with E-state index in [2.05, 4.69) is 27.3 Å². The van der Waals surface area contributed by atoms with Crippen LogP contribution in [0.25, 0.3) is 0 Å². The zero-order chi connectivity index (χ0) is 16.4. The van der Waals surface area contributed by atoms with Crippen molar-refractivity contribution >= 4 is 17.3 Å². The molecule has 5 heteroatoms. The summed E-state index contributed by atoms with van der Waals surface area (Å²) >= 11 is 5.61. The van der Waals surface area contributed by atoms with E-state index in [0.717, 1.165) is 23.1 Å². The Morgan fingerprint density at radius 2 is 1.88 bits per heavy atom. The van der Waals surface area contributed by atoms with Gasteiger partial charge in [-0.1, -0.05) is 36.4 Å². The van der Waals surface area contributed by atoms with E-state index >= 15 is 0 Å². The Kier molecular flexibility index (Phi) is 4.01. The zero-order valence-corrected chi connectivity index (χ0v) is 13.8. The van der Waals surface area contributed by atoms with Crippen LogP contribution in [-0.4, -0.2) is 15.0 Å². The minimum absolute atomic E-state index is 0.0254. The van der Waals surface area contributed by atoms with Gasteiger partial charge in [0.1, 0.15) is 11.8 Å². The number of benzene rings is 1.